The average molecular weight is 268 g/mol. The lowest BCUT2D eigenvalue weighted by Gasteiger charge is -2.18. The molecule has 0 saturated heterocycles. The van der Waals surface area contributed by atoms with Crippen molar-refractivity contribution in [2.24, 2.45) is 5.73 Å². The molecule has 0 saturated carbocycles. The molecule has 0 spiro atoms. The Bertz CT molecular complexity index is 585. The molecular formula is C15H14N3O2. The number of amides is 3. The highest BCUT2D eigenvalue weighted by Gasteiger charge is 2.20. The first kappa shape index (κ1) is 13.7. The summed E-state index contributed by atoms with van der Waals surface area (Å²) in [6, 6.07) is 13.6. The van der Waals surface area contributed by atoms with Gasteiger partial charge in [-0.25, -0.2) is 4.79 Å². The molecule has 0 aliphatic heterocycles. The summed E-state index contributed by atoms with van der Waals surface area (Å²) in [6.07, 6.45) is 2.86. The second-order valence-corrected chi connectivity index (χ2v) is 4.15. The van der Waals surface area contributed by atoms with Crippen molar-refractivity contribution in [1.82, 2.24) is 9.88 Å². The molecule has 101 valence electrons. The zero-order chi connectivity index (χ0) is 14.4. The molecule has 2 rings (SSSR count). The zero-order valence-corrected chi connectivity index (χ0v) is 10.8. The molecule has 0 fully saturated rings. The van der Waals surface area contributed by atoms with E-state index in [9.17, 15) is 9.59 Å². The lowest BCUT2D eigenvalue weighted by Crippen LogP contribution is -2.40. The van der Waals surface area contributed by atoms with Crippen LogP contribution in [0.5, 0.6) is 0 Å². The molecule has 1 aromatic carbocycles. The highest BCUT2D eigenvalue weighted by molar-refractivity contribution is 5.99. The Morgan fingerprint density at radius 2 is 1.80 bits per heavy atom. The maximum Gasteiger partial charge on any atom is 0.321 e. The van der Waals surface area contributed by atoms with Gasteiger partial charge in [-0.2, -0.15) is 0 Å². The number of imide groups is 1. The van der Waals surface area contributed by atoms with Gasteiger partial charge in [0, 0.05) is 6.20 Å². The van der Waals surface area contributed by atoms with Crippen LogP contribution in [-0.2, 0) is 11.3 Å². The van der Waals surface area contributed by atoms with E-state index in [1.807, 2.05) is 30.3 Å². The fourth-order valence-corrected chi connectivity index (χ4v) is 1.70. The highest BCUT2D eigenvalue weighted by Crippen LogP contribution is 2.08. The molecule has 0 aliphatic rings. The van der Waals surface area contributed by atoms with Crippen LogP contribution in [0.3, 0.4) is 0 Å². The van der Waals surface area contributed by atoms with Crippen molar-refractivity contribution in [1.29, 1.82) is 0 Å². The van der Waals surface area contributed by atoms with Crippen LogP contribution in [0.4, 0.5) is 4.79 Å². The van der Waals surface area contributed by atoms with Gasteiger partial charge in [-0.1, -0.05) is 36.4 Å². The number of rotatable bonds is 4. The van der Waals surface area contributed by atoms with Gasteiger partial charge in [0.1, 0.15) is 0 Å². The monoisotopic (exact) mass is 268 g/mol. The van der Waals surface area contributed by atoms with Gasteiger partial charge in [-0.3, -0.25) is 14.7 Å². The van der Waals surface area contributed by atoms with E-state index in [0.717, 1.165) is 10.5 Å². The van der Waals surface area contributed by atoms with Gasteiger partial charge in [0.15, 0.2) is 0 Å². The summed E-state index contributed by atoms with van der Waals surface area (Å²) in [7, 11) is 0. The van der Waals surface area contributed by atoms with E-state index in [-0.39, 0.29) is 6.54 Å². The first-order chi connectivity index (χ1) is 9.66. The Morgan fingerprint density at radius 1 is 1.10 bits per heavy atom. The molecule has 3 amide bonds. The third-order valence-electron chi connectivity index (χ3n) is 2.67. The van der Waals surface area contributed by atoms with Crippen LogP contribution < -0.4 is 5.73 Å². The zero-order valence-electron chi connectivity index (χ0n) is 10.8. The van der Waals surface area contributed by atoms with Gasteiger partial charge in [-0.05, 0) is 17.7 Å². The van der Waals surface area contributed by atoms with Crippen molar-refractivity contribution in [3.8, 4) is 0 Å². The minimum Gasteiger partial charge on any atom is -0.351 e. The van der Waals surface area contributed by atoms with Crippen LogP contribution in [0.15, 0.2) is 54.7 Å². The van der Waals surface area contributed by atoms with Gasteiger partial charge in [0.05, 0.1) is 18.7 Å². The number of nitrogens with two attached hydrogens (primary N) is 1. The predicted octanol–water partition coefficient (Wildman–Crippen LogP) is 1.74. The maximum atomic E-state index is 12.1. The number of primary amides is 1. The number of carbonyl (C=O) groups excluding carboxylic acids is 2. The number of nitrogens with zero attached hydrogens (tertiary/aromatic N) is 2. The van der Waals surface area contributed by atoms with E-state index >= 15 is 0 Å². The Kier molecular flexibility index (Phi) is 4.44. The number of pyridine rings is 1. The summed E-state index contributed by atoms with van der Waals surface area (Å²) in [4.78, 5) is 28.5. The van der Waals surface area contributed by atoms with Crippen LogP contribution in [-0.4, -0.2) is 21.8 Å². The number of hydrogen-bond acceptors (Lipinski definition) is 3. The quantitative estimate of drug-likeness (QED) is 0.917. The Morgan fingerprint density at radius 3 is 2.40 bits per heavy atom. The van der Waals surface area contributed by atoms with Crippen molar-refractivity contribution >= 4 is 11.9 Å². The van der Waals surface area contributed by atoms with E-state index in [1.165, 1.54) is 6.42 Å². The minimum absolute atomic E-state index is 0.137. The Balaban J connectivity index is 2.09. The first-order valence-corrected chi connectivity index (χ1v) is 6.07. The molecule has 0 bridgehead atoms. The average Bonchev–Trinajstić information content (AvgIpc) is 2.46. The second-order valence-electron chi connectivity index (χ2n) is 4.15. The molecule has 20 heavy (non-hydrogen) atoms. The molecule has 1 radical (unpaired) electrons. The summed E-state index contributed by atoms with van der Waals surface area (Å²) in [5.74, 6) is -0.486. The number of carbonyl (C=O) groups is 2. The molecular weight excluding hydrogens is 254 g/mol. The van der Waals surface area contributed by atoms with Gasteiger partial charge < -0.3 is 5.73 Å². The van der Waals surface area contributed by atoms with Crippen molar-refractivity contribution in [2.75, 3.05) is 0 Å². The number of benzene rings is 1. The SMILES string of the molecule is NC(=O)N(Cc1ccccc1)C(=O)[CH]c1ccccn1. The van der Waals surface area contributed by atoms with E-state index < -0.39 is 11.9 Å². The minimum atomic E-state index is -0.786. The summed E-state index contributed by atoms with van der Waals surface area (Å²) < 4.78 is 0. The third kappa shape index (κ3) is 3.65. The van der Waals surface area contributed by atoms with Crippen LogP contribution in [0.1, 0.15) is 11.3 Å². The third-order valence-corrected chi connectivity index (χ3v) is 2.67. The van der Waals surface area contributed by atoms with Gasteiger partial charge >= 0.3 is 6.03 Å². The van der Waals surface area contributed by atoms with Crippen LogP contribution in [0.25, 0.3) is 0 Å². The van der Waals surface area contributed by atoms with Gasteiger partial charge in [-0.15, -0.1) is 0 Å². The maximum absolute atomic E-state index is 12.1. The van der Waals surface area contributed by atoms with Gasteiger partial charge in [0.25, 0.3) is 0 Å². The van der Waals surface area contributed by atoms with E-state index in [2.05, 4.69) is 4.98 Å². The number of urea groups is 1. The molecule has 2 aromatic rings. The summed E-state index contributed by atoms with van der Waals surface area (Å²) in [6.45, 7) is 0.137. The van der Waals surface area contributed by atoms with Crippen LogP contribution in [0.2, 0.25) is 0 Å². The molecule has 1 heterocycles. The molecule has 1 aromatic heterocycles. The van der Waals surface area contributed by atoms with Gasteiger partial charge in [0.2, 0.25) is 5.91 Å². The van der Waals surface area contributed by atoms with Crippen molar-refractivity contribution in [2.45, 2.75) is 6.54 Å². The van der Waals surface area contributed by atoms with E-state index in [1.54, 1.807) is 24.4 Å². The van der Waals surface area contributed by atoms with E-state index in [0.29, 0.717) is 5.69 Å². The highest BCUT2D eigenvalue weighted by atomic mass is 16.2. The lowest BCUT2D eigenvalue weighted by atomic mass is 10.2. The fourth-order valence-electron chi connectivity index (χ4n) is 1.70. The van der Waals surface area contributed by atoms with Crippen LogP contribution in [0, 0.1) is 6.42 Å². The number of hydrogen-bond donors (Lipinski definition) is 1. The fraction of sp³-hybridized carbons (Fsp3) is 0.0667. The topological polar surface area (TPSA) is 76.3 Å². The normalized spacial score (nSPS) is 10.0. The predicted molar refractivity (Wildman–Crippen MR) is 74.2 cm³/mol. The van der Waals surface area contributed by atoms with E-state index in [4.69, 9.17) is 5.73 Å². The molecule has 2 N–H and O–H groups in total. The van der Waals surface area contributed by atoms with Crippen molar-refractivity contribution in [3.63, 3.8) is 0 Å². The summed E-state index contributed by atoms with van der Waals surface area (Å²) in [5.41, 5.74) is 6.58. The summed E-state index contributed by atoms with van der Waals surface area (Å²) >= 11 is 0. The second kappa shape index (κ2) is 6.47. The lowest BCUT2D eigenvalue weighted by molar-refractivity contribution is -0.124. The number of aromatic nitrogens is 1. The Hall–Kier alpha value is -2.69. The molecule has 0 unspecified atom stereocenters. The Labute approximate surface area is 117 Å². The summed E-state index contributed by atoms with van der Waals surface area (Å²) in [5, 5.41) is 0. The largest absolute Gasteiger partial charge is 0.351 e. The molecule has 0 aliphatic carbocycles. The van der Waals surface area contributed by atoms with Crippen molar-refractivity contribution in [3.05, 3.63) is 72.4 Å². The molecule has 5 nitrogen and oxygen atoms in total. The molecule has 0 atom stereocenters. The van der Waals surface area contributed by atoms with Crippen molar-refractivity contribution < 1.29 is 9.59 Å². The first-order valence-electron chi connectivity index (χ1n) is 6.07. The van der Waals surface area contributed by atoms with Crippen LogP contribution >= 0.6 is 0 Å². The molecule has 5 heteroatoms. The smallest absolute Gasteiger partial charge is 0.321 e. The standard InChI is InChI=1S/C15H14N3O2/c16-15(20)18(11-12-6-2-1-3-7-12)14(19)10-13-8-4-5-9-17-13/h1-10H,11H2,(H2,16,20).